The number of hydrogen-bond acceptors (Lipinski definition) is 2. The van der Waals surface area contributed by atoms with E-state index in [2.05, 4.69) is 26.6 Å². The van der Waals surface area contributed by atoms with Gasteiger partial charge in [-0.1, -0.05) is 22.9 Å². The molecule has 1 fully saturated rings. The van der Waals surface area contributed by atoms with Crippen molar-refractivity contribution in [2.75, 3.05) is 11.9 Å². The second-order valence-corrected chi connectivity index (χ2v) is 7.15. The van der Waals surface area contributed by atoms with Crippen molar-refractivity contribution < 1.29 is 9.59 Å². The van der Waals surface area contributed by atoms with Gasteiger partial charge >= 0.3 is 0 Å². The van der Waals surface area contributed by atoms with Crippen molar-refractivity contribution in [2.45, 2.75) is 46.0 Å². The largest absolute Gasteiger partial charge is 0.356 e. The van der Waals surface area contributed by atoms with Crippen molar-refractivity contribution in [1.82, 2.24) is 5.32 Å². The lowest BCUT2D eigenvalue weighted by molar-refractivity contribution is -0.128. The molecule has 2 amide bonds. The van der Waals surface area contributed by atoms with E-state index < -0.39 is 0 Å². The first-order valence-electron chi connectivity index (χ1n) is 8.36. The van der Waals surface area contributed by atoms with Gasteiger partial charge in [-0.25, -0.2) is 0 Å². The van der Waals surface area contributed by atoms with E-state index in [1.165, 1.54) is 0 Å². The first-order valence-corrected chi connectivity index (χ1v) is 9.15. The second kappa shape index (κ2) is 8.48. The Morgan fingerprint density at radius 3 is 2.30 bits per heavy atom. The molecule has 2 rings (SSSR count). The molecule has 0 radical (unpaired) electrons. The van der Waals surface area contributed by atoms with Crippen LogP contribution < -0.4 is 10.6 Å². The minimum absolute atomic E-state index is 0.00850. The maximum atomic E-state index is 12.4. The summed E-state index contributed by atoms with van der Waals surface area (Å²) >= 11 is 3.46. The molecule has 0 aliphatic heterocycles. The highest BCUT2D eigenvalue weighted by atomic mass is 79.9. The molecule has 1 aromatic carbocycles. The van der Waals surface area contributed by atoms with Crippen LogP contribution in [0.3, 0.4) is 0 Å². The van der Waals surface area contributed by atoms with E-state index in [1.807, 2.05) is 32.0 Å². The molecule has 0 aromatic heterocycles. The number of halogens is 1. The van der Waals surface area contributed by atoms with E-state index in [1.54, 1.807) is 0 Å². The lowest BCUT2D eigenvalue weighted by atomic mass is 9.81. The predicted molar refractivity (Wildman–Crippen MR) is 96.3 cm³/mol. The number of amides is 2. The molecule has 0 unspecified atom stereocenters. The van der Waals surface area contributed by atoms with Gasteiger partial charge in [0.25, 0.3) is 0 Å². The molecule has 0 heterocycles. The Balaban J connectivity index is 1.83. The van der Waals surface area contributed by atoms with Gasteiger partial charge < -0.3 is 10.6 Å². The molecule has 2 N–H and O–H groups in total. The summed E-state index contributed by atoms with van der Waals surface area (Å²) in [6.07, 6.45) is 4.12. The van der Waals surface area contributed by atoms with Crippen molar-refractivity contribution in [3.8, 4) is 0 Å². The van der Waals surface area contributed by atoms with Crippen LogP contribution in [-0.4, -0.2) is 18.4 Å². The van der Waals surface area contributed by atoms with Crippen LogP contribution in [-0.2, 0) is 9.59 Å². The van der Waals surface area contributed by atoms with Crippen molar-refractivity contribution in [1.29, 1.82) is 0 Å². The number of benzene rings is 1. The van der Waals surface area contributed by atoms with E-state index in [4.69, 9.17) is 0 Å². The number of nitrogens with one attached hydrogen (secondary N) is 2. The fourth-order valence-corrected chi connectivity index (χ4v) is 3.22. The van der Waals surface area contributed by atoms with E-state index in [9.17, 15) is 9.59 Å². The summed E-state index contributed by atoms with van der Waals surface area (Å²) in [6.45, 7) is 4.79. The zero-order valence-electron chi connectivity index (χ0n) is 13.8. The van der Waals surface area contributed by atoms with Crippen LogP contribution in [0.25, 0.3) is 0 Å². The Labute approximate surface area is 146 Å². The Hall–Kier alpha value is -1.36. The van der Waals surface area contributed by atoms with Gasteiger partial charge in [-0.3, -0.25) is 9.59 Å². The summed E-state index contributed by atoms with van der Waals surface area (Å²) in [6, 6.07) is 5.81. The molecular weight excluding hydrogens is 356 g/mol. The monoisotopic (exact) mass is 380 g/mol. The molecule has 126 valence electrons. The van der Waals surface area contributed by atoms with Gasteiger partial charge in [-0.05, 0) is 62.8 Å². The summed E-state index contributed by atoms with van der Waals surface area (Å²) in [4.78, 5) is 24.4. The fourth-order valence-electron chi connectivity index (χ4n) is 2.98. The van der Waals surface area contributed by atoms with Gasteiger partial charge in [0.1, 0.15) is 0 Å². The van der Waals surface area contributed by atoms with Gasteiger partial charge in [0.05, 0.1) is 0 Å². The Bertz CT molecular complexity index is 566. The number of carbonyl (C=O) groups is 2. The minimum Gasteiger partial charge on any atom is -0.356 e. The highest BCUT2D eigenvalue weighted by Gasteiger charge is 2.29. The Morgan fingerprint density at radius 2 is 1.74 bits per heavy atom. The SMILES string of the molecule is CCCNC(=O)C1CCC(C(=O)Nc2ccc(Br)c(C)c2)CC1. The first kappa shape index (κ1) is 18.0. The van der Waals surface area contributed by atoms with Gasteiger partial charge in [0.2, 0.25) is 11.8 Å². The molecule has 1 aliphatic carbocycles. The molecule has 1 aliphatic rings. The predicted octanol–water partition coefficient (Wildman–Crippen LogP) is 4.03. The standard InChI is InChI=1S/C18H25BrN2O2/c1-3-10-20-17(22)13-4-6-14(7-5-13)18(23)21-15-8-9-16(19)12(2)11-15/h8-9,11,13-14H,3-7,10H2,1-2H3,(H,20,22)(H,21,23). The Kier molecular flexibility index (Phi) is 6.63. The quantitative estimate of drug-likeness (QED) is 0.809. The third-order valence-electron chi connectivity index (χ3n) is 4.44. The second-order valence-electron chi connectivity index (χ2n) is 6.29. The van der Waals surface area contributed by atoms with E-state index in [0.29, 0.717) is 0 Å². The molecular formula is C18H25BrN2O2. The van der Waals surface area contributed by atoms with Crippen LogP contribution in [0.1, 0.15) is 44.6 Å². The fraction of sp³-hybridized carbons (Fsp3) is 0.556. The van der Waals surface area contributed by atoms with Crippen molar-refractivity contribution in [3.05, 3.63) is 28.2 Å². The van der Waals surface area contributed by atoms with E-state index in [-0.39, 0.29) is 23.7 Å². The highest BCUT2D eigenvalue weighted by Crippen LogP contribution is 2.30. The van der Waals surface area contributed by atoms with Crippen molar-refractivity contribution in [2.24, 2.45) is 11.8 Å². The molecule has 4 nitrogen and oxygen atoms in total. The number of carbonyl (C=O) groups excluding carboxylic acids is 2. The highest BCUT2D eigenvalue weighted by molar-refractivity contribution is 9.10. The van der Waals surface area contributed by atoms with Gasteiger partial charge in [-0.2, -0.15) is 0 Å². The third kappa shape index (κ3) is 5.06. The lowest BCUT2D eigenvalue weighted by Crippen LogP contribution is -2.35. The summed E-state index contributed by atoms with van der Waals surface area (Å²) in [7, 11) is 0. The molecule has 0 bridgehead atoms. The van der Waals surface area contributed by atoms with Crippen molar-refractivity contribution in [3.63, 3.8) is 0 Å². The minimum atomic E-state index is 0.00850. The van der Waals surface area contributed by atoms with Crippen LogP contribution in [0.15, 0.2) is 22.7 Å². The van der Waals surface area contributed by atoms with E-state index in [0.717, 1.165) is 54.4 Å². The molecule has 5 heteroatoms. The van der Waals surface area contributed by atoms with Crippen LogP contribution >= 0.6 is 15.9 Å². The molecule has 0 spiro atoms. The van der Waals surface area contributed by atoms with Gasteiger partial charge in [-0.15, -0.1) is 0 Å². The molecule has 0 saturated heterocycles. The Morgan fingerprint density at radius 1 is 1.13 bits per heavy atom. The van der Waals surface area contributed by atoms with Gasteiger partial charge in [0, 0.05) is 28.5 Å². The lowest BCUT2D eigenvalue weighted by Gasteiger charge is -2.27. The summed E-state index contributed by atoms with van der Waals surface area (Å²) < 4.78 is 1.04. The van der Waals surface area contributed by atoms with Crippen LogP contribution in [0, 0.1) is 18.8 Å². The molecule has 1 aromatic rings. The maximum Gasteiger partial charge on any atom is 0.227 e. The first-order chi connectivity index (χ1) is 11.0. The normalized spacial score (nSPS) is 20.8. The number of anilines is 1. The summed E-state index contributed by atoms with van der Waals surface area (Å²) in [5.41, 5.74) is 1.93. The smallest absolute Gasteiger partial charge is 0.227 e. The number of aryl methyl sites for hydroxylation is 1. The topological polar surface area (TPSA) is 58.2 Å². The average Bonchev–Trinajstić information content (AvgIpc) is 2.56. The molecule has 1 saturated carbocycles. The summed E-state index contributed by atoms with van der Waals surface area (Å²) in [5, 5.41) is 5.95. The van der Waals surface area contributed by atoms with Crippen LogP contribution in [0.2, 0.25) is 0 Å². The number of hydrogen-bond donors (Lipinski definition) is 2. The number of rotatable bonds is 5. The van der Waals surface area contributed by atoms with Crippen LogP contribution in [0.4, 0.5) is 5.69 Å². The third-order valence-corrected chi connectivity index (χ3v) is 5.33. The molecule has 0 atom stereocenters. The van der Waals surface area contributed by atoms with Gasteiger partial charge in [0.15, 0.2) is 0 Å². The zero-order valence-corrected chi connectivity index (χ0v) is 15.4. The van der Waals surface area contributed by atoms with Crippen LogP contribution in [0.5, 0.6) is 0 Å². The van der Waals surface area contributed by atoms with Crippen molar-refractivity contribution >= 4 is 33.4 Å². The maximum absolute atomic E-state index is 12.4. The summed E-state index contributed by atoms with van der Waals surface area (Å²) in [5.74, 6) is 0.295. The molecule has 23 heavy (non-hydrogen) atoms. The zero-order chi connectivity index (χ0) is 16.8. The average molecular weight is 381 g/mol. The van der Waals surface area contributed by atoms with E-state index >= 15 is 0 Å².